The molecule has 0 amide bonds. The molecule has 0 radical (unpaired) electrons. The lowest BCUT2D eigenvalue weighted by atomic mass is 10.1. The van der Waals surface area contributed by atoms with E-state index >= 15 is 0 Å². The lowest BCUT2D eigenvalue weighted by molar-refractivity contribution is 0.350. The van der Waals surface area contributed by atoms with Gasteiger partial charge in [-0.2, -0.15) is 4.98 Å². The SMILES string of the molecule is CC1(c2nc(CCl)no2)CC1. The Bertz CT molecular complexity index is 267. The van der Waals surface area contributed by atoms with Gasteiger partial charge in [0.05, 0.1) is 5.88 Å². The minimum atomic E-state index is 0.164. The van der Waals surface area contributed by atoms with Crippen molar-refractivity contribution in [3.63, 3.8) is 0 Å². The van der Waals surface area contributed by atoms with E-state index < -0.39 is 0 Å². The zero-order valence-electron chi connectivity index (χ0n) is 6.30. The molecular formula is C7H9ClN2O. The van der Waals surface area contributed by atoms with Gasteiger partial charge in [-0.25, -0.2) is 0 Å². The van der Waals surface area contributed by atoms with Crippen LogP contribution in [0.4, 0.5) is 0 Å². The van der Waals surface area contributed by atoms with Crippen LogP contribution < -0.4 is 0 Å². The first kappa shape index (κ1) is 7.10. The fourth-order valence-electron chi connectivity index (χ4n) is 0.955. The van der Waals surface area contributed by atoms with E-state index in [1.54, 1.807) is 0 Å². The normalized spacial score (nSPS) is 20.2. The topological polar surface area (TPSA) is 38.9 Å². The van der Waals surface area contributed by atoms with Crippen LogP contribution in [0.15, 0.2) is 4.52 Å². The van der Waals surface area contributed by atoms with Crippen molar-refractivity contribution in [1.82, 2.24) is 10.1 Å². The van der Waals surface area contributed by atoms with Crippen LogP contribution in [0, 0.1) is 0 Å². The third-order valence-corrected chi connectivity index (χ3v) is 2.34. The van der Waals surface area contributed by atoms with Crippen LogP contribution in [0.3, 0.4) is 0 Å². The number of aromatic nitrogens is 2. The second kappa shape index (κ2) is 2.21. The van der Waals surface area contributed by atoms with Crippen molar-refractivity contribution in [2.45, 2.75) is 31.1 Å². The van der Waals surface area contributed by atoms with Crippen LogP contribution >= 0.6 is 11.6 Å². The summed E-state index contributed by atoms with van der Waals surface area (Å²) in [6, 6.07) is 0. The fraction of sp³-hybridized carbons (Fsp3) is 0.714. The van der Waals surface area contributed by atoms with E-state index in [1.165, 1.54) is 0 Å². The molecule has 0 unspecified atom stereocenters. The van der Waals surface area contributed by atoms with Gasteiger partial charge < -0.3 is 4.52 Å². The molecule has 1 heterocycles. The smallest absolute Gasteiger partial charge is 0.232 e. The van der Waals surface area contributed by atoms with Crippen molar-refractivity contribution in [3.05, 3.63) is 11.7 Å². The highest BCUT2D eigenvalue weighted by Crippen LogP contribution is 2.46. The summed E-state index contributed by atoms with van der Waals surface area (Å²) in [5, 5.41) is 3.72. The van der Waals surface area contributed by atoms with E-state index in [4.69, 9.17) is 16.1 Å². The van der Waals surface area contributed by atoms with Gasteiger partial charge in [-0.05, 0) is 12.8 Å². The van der Waals surface area contributed by atoms with E-state index in [9.17, 15) is 0 Å². The zero-order valence-corrected chi connectivity index (χ0v) is 7.06. The van der Waals surface area contributed by atoms with Gasteiger partial charge in [-0.15, -0.1) is 11.6 Å². The first-order chi connectivity index (χ1) is 5.24. The van der Waals surface area contributed by atoms with Crippen molar-refractivity contribution in [2.75, 3.05) is 0 Å². The highest BCUT2D eigenvalue weighted by molar-refractivity contribution is 6.16. The van der Waals surface area contributed by atoms with Gasteiger partial charge in [0.1, 0.15) is 0 Å². The summed E-state index contributed by atoms with van der Waals surface area (Å²) in [4.78, 5) is 4.15. The Balaban J connectivity index is 2.25. The van der Waals surface area contributed by atoms with Gasteiger partial charge in [-0.1, -0.05) is 12.1 Å². The predicted molar refractivity (Wildman–Crippen MR) is 40.4 cm³/mol. The van der Waals surface area contributed by atoms with Gasteiger partial charge in [-0.3, -0.25) is 0 Å². The molecule has 4 heteroatoms. The first-order valence-corrected chi connectivity index (χ1v) is 4.17. The standard InChI is InChI=1S/C7H9ClN2O/c1-7(2-3-7)6-9-5(4-8)10-11-6/h2-4H2,1H3. The van der Waals surface area contributed by atoms with E-state index in [0.29, 0.717) is 11.7 Å². The van der Waals surface area contributed by atoms with Gasteiger partial charge in [0, 0.05) is 5.41 Å². The average Bonchev–Trinajstić information content (AvgIpc) is 2.61. The lowest BCUT2D eigenvalue weighted by Gasteiger charge is -1.96. The molecule has 0 aromatic carbocycles. The number of hydrogen-bond acceptors (Lipinski definition) is 3. The maximum Gasteiger partial charge on any atom is 0.232 e. The van der Waals surface area contributed by atoms with Crippen LogP contribution in [0.1, 0.15) is 31.5 Å². The van der Waals surface area contributed by atoms with Gasteiger partial charge in [0.25, 0.3) is 0 Å². The summed E-state index contributed by atoms with van der Waals surface area (Å²) in [5.41, 5.74) is 0.164. The highest BCUT2D eigenvalue weighted by Gasteiger charge is 2.44. The molecule has 0 bridgehead atoms. The van der Waals surface area contributed by atoms with Gasteiger partial charge >= 0.3 is 0 Å². The largest absolute Gasteiger partial charge is 0.339 e. The molecule has 0 spiro atoms. The van der Waals surface area contributed by atoms with E-state index in [2.05, 4.69) is 17.1 Å². The van der Waals surface area contributed by atoms with Crippen LogP contribution in [-0.4, -0.2) is 10.1 Å². The Labute approximate surface area is 69.7 Å². The second-order valence-electron chi connectivity index (χ2n) is 3.21. The Kier molecular flexibility index (Phi) is 1.42. The summed E-state index contributed by atoms with van der Waals surface area (Å²) in [5.74, 6) is 1.67. The quantitative estimate of drug-likeness (QED) is 0.640. The first-order valence-electron chi connectivity index (χ1n) is 3.64. The van der Waals surface area contributed by atoms with Gasteiger partial charge in [0.15, 0.2) is 5.82 Å². The average molecular weight is 173 g/mol. The third-order valence-electron chi connectivity index (χ3n) is 2.10. The van der Waals surface area contributed by atoms with Crippen LogP contribution in [-0.2, 0) is 11.3 Å². The number of hydrogen-bond donors (Lipinski definition) is 0. The molecule has 1 fully saturated rings. The van der Waals surface area contributed by atoms with E-state index in [0.717, 1.165) is 18.7 Å². The minimum absolute atomic E-state index is 0.164. The second-order valence-corrected chi connectivity index (χ2v) is 3.48. The third kappa shape index (κ3) is 1.13. The Hall–Kier alpha value is -0.570. The zero-order chi connectivity index (χ0) is 7.90. The molecular weight excluding hydrogens is 164 g/mol. The predicted octanol–water partition coefficient (Wildman–Crippen LogP) is 1.86. The molecule has 0 aliphatic heterocycles. The number of halogens is 1. The molecule has 1 aromatic heterocycles. The summed E-state index contributed by atoms with van der Waals surface area (Å²) in [7, 11) is 0. The number of rotatable bonds is 2. The maximum atomic E-state index is 5.53. The number of nitrogens with zero attached hydrogens (tertiary/aromatic N) is 2. The molecule has 1 aromatic rings. The molecule has 3 nitrogen and oxygen atoms in total. The summed E-state index contributed by atoms with van der Waals surface area (Å²) < 4.78 is 5.04. The van der Waals surface area contributed by atoms with Crippen LogP contribution in [0.25, 0.3) is 0 Å². The van der Waals surface area contributed by atoms with Gasteiger partial charge in [0.2, 0.25) is 5.89 Å². The molecule has 1 saturated carbocycles. The molecule has 60 valence electrons. The molecule has 11 heavy (non-hydrogen) atoms. The monoisotopic (exact) mass is 172 g/mol. The minimum Gasteiger partial charge on any atom is -0.339 e. The Morgan fingerprint density at radius 1 is 1.64 bits per heavy atom. The van der Waals surface area contributed by atoms with Crippen LogP contribution in [0.5, 0.6) is 0 Å². The van der Waals surface area contributed by atoms with Crippen molar-refractivity contribution in [3.8, 4) is 0 Å². The molecule has 0 atom stereocenters. The highest BCUT2D eigenvalue weighted by atomic mass is 35.5. The summed E-state index contributed by atoms with van der Waals surface area (Å²) >= 11 is 5.53. The molecule has 0 N–H and O–H groups in total. The van der Waals surface area contributed by atoms with Crippen molar-refractivity contribution in [2.24, 2.45) is 0 Å². The molecule has 0 saturated heterocycles. The van der Waals surface area contributed by atoms with E-state index in [-0.39, 0.29) is 5.41 Å². The lowest BCUT2D eigenvalue weighted by Crippen LogP contribution is -1.99. The van der Waals surface area contributed by atoms with E-state index in [1.807, 2.05) is 0 Å². The molecule has 2 rings (SSSR count). The molecule has 1 aliphatic carbocycles. The molecule has 1 aliphatic rings. The summed E-state index contributed by atoms with van der Waals surface area (Å²) in [6.45, 7) is 2.12. The van der Waals surface area contributed by atoms with Crippen molar-refractivity contribution >= 4 is 11.6 Å². The number of alkyl halides is 1. The Morgan fingerprint density at radius 3 is 2.82 bits per heavy atom. The van der Waals surface area contributed by atoms with Crippen molar-refractivity contribution in [1.29, 1.82) is 0 Å². The van der Waals surface area contributed by atoms with Crippen molar-refractivity contribution < 1.29 is 4.52 Å². The summed E-state index contributed by atoms with van der Waals surface area (Å²) in [6.07, 6.45) is 2.30. The fourth-order valence-corrected chi connectivity index (χ4v) is 1.06. The Morgan fingerprint density at radius 2 is 2.36 bits per heavy atom. The maximum absolute atomic E-state index is 5.53. The van der Waals surface area contributed by atoms with Crippen LogP contribution in [0.2, 0.25) is 0 Å².